The van der Waals surface area contributed by atoms with E-state index < -0.39 is 15.3 Å². The van der Waals surface area contributed by atoms with Crippen molar-refractivity contribution in [3.63, 3.8) is 0 Å². The number of anilines is 1. The van der Waals surface area contributed by atoms with Crippen LogP contribution in [-0.4, -0.2) is 40.4 Å². The smallest absolute Gasteiger partial charge is 0.231 e. The van der Waals surface area contributed by atoms with Crippen LogP contribution in [0.2, 0.25) is 0 Å². The molecular weight excluding hydrogens is 388 g/mol. The maximum absolute atomic E-state index is 13.4. The molecule has 1 aromatic heterocycles. The number of fused-ring (bicyclic) bond motifs is 1. The van der Waals surface area contributed by atoms with Crippen molar-refractivity contribution in [2.45, 2.75) is 70.6 Å². The van der Waals surface area contributed by atoms with Gasteiger partial charge in [0.1, 0.15) is 12.1 Å². The molecule has 0 spiro atoms. The van der Waals surface area contributed by atoms with Gasteiger partial charge in [-0.3, -0.25) is 4.79 Å². The van der Waals surface area contributed by atoms with Crippen LogP contribution in [0.4, 0.5) is 5.82 Å². The molecule has 0 atom stereocenters. The fourth-order valence-corrected chi connectivity index (χ4v) is 7.83. The summed E-state index contributed by atoms with van der Waals surface area (Å²) in [4.78, 5) is 22.1. The summed E-state index contributed by atoms with van der Waals surface area (Å²) in [5.41, 5.74) is 1.37. The van der Waals surface area contributed by atoms with Gasteiger partial charge in [-0.1, -0.05) is 0 Å². The predicted octanol–water partition coefficient (Wildman–Crippen LogP) is 2.73. The van der Waals surface area contributed by atoms with Gasteiger partial charge in [-0.25, -0.2) is 18.4 Å². The summed E-state index contributed by atoms with van der Waals surface area (Å²) < 4.78 is 26.6. The van der Waals surface area contributed by atoms with Gasteiger partial charge in [0.2, 0.25) is 15.9 Å². The minimum Gasteiger partial charge on any atom is -0.310 e. The third-order valence-corrected chi connectivity index (χ3v) is 9.90. The molecule has 6 rings (SSSR count). The molecule has 0 aromatic carbocycles. The molecule has 158 valence electrons. The highest BCUT2D eigenvalue weighted by Gasteiger charge is 2.54. The van der Waals surface area contributed by atoms with E-state index in [1.165, 1.54) is 29.9 Å². The zero-order chi connectivity index (χ0) is 20.4. The van der Waals surface area contributed by atoms with Crippen molar-refractivity contribution in [1.29, 1.82) is 0 Å². The van der Waals surface area contributed by atoms with Crippen molar-refractivity contribution >= 4 is 21.7 Å². The lowest BCUT2D eigenvalue weighted by Gasteiger charge is -2.55. The number of sulfonamides is 1. The van der Waals surface area contributed by atoms with Crippen molar-refractivity contribution in [1.82, 2.24) is 14.3 Å². The van der Waals surface area contributed by atoms with Crippen LogP contribution in [0, 0.1) is 23.2 Å². The zero-order valence-electron chi connectivity index (χ0n) is 17.2. The Kier molecular flexibility index (Phi) is 4.51. The number of rotatable bonds is 4. The maximum atomic E-state index is 13.4. The fourth-order valence-electron chi connectivity index (χ4n) is 6.58. The van der Waals surface area contributed by atoms with Crippen LogP contribution in [0.5, 0.6) is 0 Å². The summed E-state index contributed by atoms with van der Waals surface area (Å²) in [7, 11) is -3.32. The Hall–Kier alpha value is -1.54. The second-order valence-corrected chi connectivity index (χ2v) is 12.5. The van der Waals surface area contributed by atoms with Crippen LogP contribution in [-0.2, 0) is 27.8 Å². The first-order valence-electron chi connectivity index (χ1n) is 10.9. The first-order valence-corrected chi connectivity index (χ1v) is 12.4. The molecule has 5 aliphatic rings. The lowest BCUT2D eigenvalue weighted by molar-refractivity contribution is -0.140. The highest BCUT2D eigenvalue weighted by atomic mass is 32.2. The molecule has 1 aromatic rings. The molecule has 1 amide bonds. The topological polar surface area (TPSA) is 92.3 Å². The summed E-state index contributed by atoms with van der Waals surface area (Å²) in [6.07, 6.45) is 8.91. The van der Waals surface area contributed by atoms with Crippen molar-refractivity contribution in [3.8, 4) is 0 Å². The second kappa shape index (κ2) is 6.74. The minimum atomic E-state index is -3.32. The number of hydrogen-bond acceptors (Lipinski definition) is 5. The van der Waals surface area contributed by atoms with Gasteiger partial charge in [0, 0.05) is 12.1 Å². The molecule has 7 nitrogen and oxygen atoms in total. The summed E-state index contributed by atoms with van der Waals surface area (Å²) in [5.74, 6) is 2.83. The molecule has 0 radical (unpaired) electrons. The Bertz CT molecular complexity index is 908. The lowest BCUT2D eigenvalue weighted by atomic mass is 9.49. The molecule has 4 aliphatic carbocycles. The summed E-state index contributed by atoms with van der Waals surface area (Å²) >= 11 is 0. The van der Waals surface area contributed by atoms with Gasteiger partial charge in [0.15, 0.2) is 0 Å². The Balaban J connectivity index is 1.37. The number of nitrogens with one attached hydrogen (secondary N) is 1. The number of carbonyl (C=O) groups excluding carboxylic acids is 1. The van der Waals surface area contributed by atoms with Crippen LogP contribution in [0.25, 0.3) is 0 Å². The van der Waals surface area contributed by atoms with Gasteiger partial charge in [0.25, 0.3) is 0 Å². The highest BCUT2D eigenvalue weighted by Crippen LogP contribution is 2.60. The van der Waals surface area contributed by atoms with E-state index in [1.807, 2.05) is 0 Å². The SMILES string of the molecule is CC(C)S(=O)(=O)N1CCc2c(ncnc2NC(=O)C23CC4CC(CC(C4)C2)C3)C1. The summed E-state index contributed by atoms with van der Waals surface area (Å²) in [5, 5.41) is 2.69. The molecule has 0 saturated heterocycles. The van der Waals surface area contributed by atoms with Gasteiger partial charge in [-0.15, -0.1) is 0 Å². The average Bonchev–Trinajstić information content (AvgIpc) is 2.66. The Morgan fingerprint density at radius 2 is 1.76 bits per heavy atom. The van der Waals surface area contributed by atoms with Crippen LogP contribution >= 0.6 is 0 Å². The third-order valence-electron chi connectivity index (χ3n) is 7.68. The Morgan fingerprint density at radius 3 is 2.34 bits per heavy atom. The molecule has 4 fully saturated rings. The number of amides is 1. The average molecular weight is 419 g/mol. The summed E-state index contributed by atoms with van der Waals surface area (Å²) in [6, 6.07) is 0. The van der Waals surface area contributed by atoms with Gasteiger partial charge in [-0.2, -0.15) is 4.31 Å². The van der Waals surface area contributed by atoms with Crippen LogP contribution < -0.4 is 5.32 Å². The van der Waals surface area contributed by atoms with E-state index in [1.54, 1.807) is 13.8 Å². The van der Waals surface area contributed by atoms with E-state index in [0.717, 1.165) is 24.8 Å². The molecule has 8 heteroatoms. The van der Waals surface area contributed by atoms with Crippen LogP contribution in [0.15, 0.2) is 6.33 Å². The van der Waals surface area contributed by atoms with Gasteiger partial charge >= 0.3 is 0 Å². The number of aromatic nitrogens is 2. The standard InChI is InChI=1S/C21H30N4O3S/c1-13(2)29(27,28)25-4-3-17-18(11-25)22-12-23-19(17)24-20(26)21-8-14-5-15(9-21)7-16(6-14)10-21/h12-16H,3-11H2,1-2H3,(H,22,23,24,26). The van der Waals surface area contributed by atoms with Gasteiger partial charge < -0.3 is 5.32 Å². The fraction of sp³-hybridized carbons (Fsp3) is 0.762. The molecule has 0 unspecified atom stereocenters. The first kappa shape index (κ1) is 19.4. The second-order valence-electron chi connectivity index (χ2n) is 9.98. The van der Waals surface area contributed by atoms with Crippen molar-refractivity contribution in [3.05, 3.63) is 17.6 Å². The molecule has 2 heterocycles. The monoisotopic (exact) mass is 418 g/mol. The number of hydrogen-bond donors (Lipinski definition) is 1. The lowest BCUT2D eigenvalue weighted by Crippen LogP contribution is -2.52. The molecule has 1 N–H and O–H groups in total. The molecule has 4 saturated carbocycles. The summed E-state index contributed by atoms with van der Waals surface area (Å²) in [6.45, 7) is 4.05. The Labute approximate surface area is 172 Å². The van der Waals surface area contributed by atoms with Crippen molar-refractivity contribution in [2.24, 2.45) is 23.2 Å². The van der Waals surface area contributed by atoms with Crippen molar-refractivity contribution in [2.75, 3.05) is 11.9 Å². The van der Waals surface area contributed by atoms with Crippen LogP contribution in [0.1, 0.15) is 63.6 Å². The predicted molar refractivity (Wildman–Crippen MR) is 109 cm³/mol. The molecule has 1 aliphatic heterocycles. The van der Waals surface area contributed by atoms with Crippen molar-refractivity contribution < 1.29 is 13.2 Å². The third kappa shape index (κ3) is 3.19. The highest BCUT2D eigenvalue weighted by molar-refractivity contribution is 7.89. The maximum Gasteiger partial charge on any atom is 0.231 e. The zero-order valence-corrected chi connectivity index (χ0v) is 18.0. The van der Waals surface area contributed by atoms with E-state index in [9.17, 15) is 13.2 Å². The molecular formula is C21H30N4O3S. The first-order chi connectivity index (χ1) is 13.8. The van der Waals surface area contributed by atoms with E-state index in [4.69, 9.17) is 0 Å². The Morgan fingerprint density at radius 1 is 1.14 bits per heavy atom. The van der Waals surface area contributed by atoms with E-state index in [0.29, 0.717) is 42.2 Å². The van der Waals surface area contributed by atoms with E-state index in [2.05, 4.69) is 15.3 Å². The normalized spacial score (nSPS) is 33.7. The number of carbonyl (C=O) groups is 1. The van der Waals surface area contributed by atoms with E-state index >= 15 is 0 Å². The molecule has 4 bridgehead atoms. The van der Waals surface area contributed by atoms with Gasteiger partial charge in [0.05, 0.1) is 22.9 Å². The number of nitrogens with zero attached hydrogens (tertiary/aromatic N) is 3. The largest absolute Gasteiger partial charge is 0.310 e. The molecule has 29 heavy (non-hydrogen) atoms. The van der Waals surface area contributed by atoms with Gasteiger partial charge in [-0.05, 0) is 76.5 Å². The van der Waals surface area contributed by atoms with E-state index in [-0.39, 0.29) is 17.9 Å². The minimum absolute atomic E-state index is 0.120. The van der Waals surface area contributed by atoms with Crippen LogP contribution in [0.3, 0.4) is 0 Å². The quantitative estimate of drug-likeness (QED) is 0.812.